The molecule has 0 aliphatic rings. The third-order valence-corrected chi connectivity index (χ3v) is 3.17. The highest BCUT2D eigenvalue weighted by atomic mass is 35.5. The Morgan fingerprint density at radius 2 is 1.89 bits per heavy atom. The number of ether oxygens (including phenoxy) is 1. The van der Waals surface area contributed by atoms with Crippen molar-refractivity contribution in [1.82, 2.24) is 5.32 Å². The molecule has 0 spiro atoms. The quantitative estimate of drug-likeness (QED) is 0.793. The zero-order chi connectivity index (χ0) is 13.6. The molecule has 110 valence electrons. The van der Waals surface area contributed by atoms with Gasteiger partial charge in [0.15, 0.2) is 0 Å². The van der Waals surface area contributed by atoms with Crippen molar-refractivity contribution in [2.75, 3.05) is 20.2 Å². The number of rotatable bonds is 6. The molecule has 0 aliphatic heterocycles. The Hall–Kier alpha value is -0.440. The van der Waals surface area contributed by atoms with Gasteiger partial charge >= 0.3 is 0 Å². The van der Waals surface area contributed by atoms with Crippen LogP contribution in [0.5, 0.6) is 5.75 Å². The Morgan fingerprint density at radius 1 is 1.21 bits per heavy atom. The Labute approximate surface area is 128 Å². The molecule has 2 nitrogen and oxygen atoms in total. The van der Waals surface area contributed by atoms with Crippen molar-refractivity contribution in [3.8, 4) is 5.75 Å². The number of benzene rings is 1. The van der Waals surface area contributed by atoms with Crippen LogP contribution in [0.1, 0.15) is 39.2 Å². The maximum absolute atomic E-state index is 6.24. The van der Waals surface area contributed by atoms with Gasteiger partial charge in [0, 0.05) is 0 Å². The lowest BCUT2D eigenvalue weighted by Gasteiger charge is -2.20. The van der Waals surface area contributed by atoms with Crippen molar-refractivity contribution in [3.63, 3.8) is 0 Å². The van der Waals surface area contributed by atoms with E-state index >= 15 is 0 Å². The molecule has 0 bridgehead atoms. The standard InChI is InChI=1S/C15H24ClNO.ClH/c1-15(2,3)12-7-8-14(13(16)11-12)18-10-6-5-9-17-4;/h7-8,11,17H,5-6,9-10H2,1-4H3;1H/p-1. The molecule has 4 heteroatoms. The minimum absolute atomic E-state index is 0. The van der Waals surface area contributed by atoms with Crippen LogP contribution in [0.2, 0.25) is 5.02 Å². The molecular formula is C15H24Cl2NO-. The first-order valence-electron chi connectivity index (χ1n) is 6.52. The predicted molar refractivity (Wildman–Crippen MR) is 78.8 cm³/mol. The van der Waals surface area contributed by atoms with Crippen molar-refractivity contribution in [2.24, 2.45) is 0 Å². The van der Waals surface area contributed by atoms with E-state index in [0.29, 0.717) is 5.02 Å². The summed E-state index contributed by atoms with van der Waals surface area (Å²) in [7, 11) is 1.96. The molecule has 0 atom stereocenters. The van der Waals surface area contributed by atoms with E-state index in [1.807, 2.05) is 19.2 Å². The Balaban J connectivity index is 0.00000324. The Kier molecular flexibility index (Phi) is 8.47. The van der Waals surface area contributed by atoms with Crippen LogP contribution in [0.25, 0.3) is 0 Å². The number of hydrogen-bond acceptors (Lipinski definition) is 2. The summed E-state index contributed by atoms with van der Waals surface area (Å²) in [4.78, 5) is 0. The number of halogens is 2. The van der Waals surface area contributed by atoms with Gasteiger partial charge in [-0.1, -0.05) is 38.4 Å². The molecule has 1 aromatic carbocycles. The SMILES string of the molecule is CNCCCCOc1ccc(C(C)(C)C)cc1Cl.[Cl-]. The molecular weight excluding hydrogens is 281 g/mol. The topological polar surface area (TPSA) is 21.3 Å². The van der Waals surface area contributed by atoms with Gasteiger partial charge in [-0.25, -0.2) is 0 Å². The average Bonchev–Trinajstić information content (AvgIpc) is 2.29. The molecule has 1 N–H and O–H groups in total. The van der Waals surface area contributed by atoms with E-state index in [1.54, 1.807) is 0 Å². The molecule has 19 heavy (non-hydrogen) atoms. The average molecular weight is 305 g/mol. The van der Waals surface area contributed by atoms with Gasteiger partial charge < -0.3 is 22.5 Å². The minimum Gasteiger partial charge on any atom is -1.00 e. The molecule has 1 aromatic rings. The molecule has 0 unspecified atom stereocenters. The van der Waals surface area contributed by atoms with Crippen LogP contribution >= 0.6 is 11.6 Å². The molecule has 0 saturated heterocycles. The van der Waals surface area contributed by atoms with E-state index in [0.717, 1.165) is 31.7 Å². The fourth-order valence-electron chi connectivity index (χ4n) is 1.67. The zero-order valence-corrected chi connectivity index (χ0v) is 13.7. The fraction of sp³-hybridized carbons (Fsp3) is 0.600. The summed E-state index contributed by atoms with van der Waals surface area (Å²) < 4.78 is 5.69. The highest BCUT2D eigenvalue weighted by Gasteiger charge is 2.15. The van der Waals surface area contributed by atoms with Crippen molar-refractivity contribution >= 4 is 11.6 Å². The van der Waals surface area contributed by atoms with Gasteiger partial charge in [-0.05, 0) is 49.5 Å². The first kappa shape index (κ1) is 18.6. The summed E-state index contributed by atoms with van der Waals surface area (Å²) in [5.41, 5.74) is 1.35. The van der Waals surface area contributed by atoms with Crippen LogP contribution in [-0.2, 0) is 5.41 Å². The van der Waals surface area contributed by atoms with E-state index in [9.17, 15) is 0 Å². The summed E-state index contributed by atoms with van der Waals surface area (Å²) in [6, 6.07) is 6.07. The van der Waals surface area contributed by atoms with Crippen LogP contribution < -0.4 is 22.5 Å². The molecule has 0 aromatic heterocycles. The van der Waals surface area contributed by atoms with Gasteiger partial charge in [0.25, 0.3) is 0 Å². The summed E-state index contributed by atoms with van der Waals surface area (Å²) in [6.07, 6.45) is 2.16. The van der Waals surface area contributed by atoms with E-state index in [4.69, 9.17) is 16.3 Å². The second-order valence-electron chi connectivity index (χ2n) is 5.55. The van der Waals surface area contributed by atoms with Gasteiger partial charge in [0.1, 0.15) is 5.75 Å². The largest absolute Gasteiger partial charge is 1.00 e. The summed E-state index contributed by atoms with van der Waals surface area (Å²) in [5, 5.41) is 3.82. The van der Waals surface area contributed by atoms with Crippen LogP contribution in [-0.4, -0.2) is 20.2 Å². The maximum Gasteiger partial charge on any atom is 0.137 e. The van der Waals surface area contributed by atoms with E-state index in [2.05, 4.69) is 32.2 Å². The summed E-state index contributed by atoms with van der Waals surface area (Å²) in [6.45, 7) is 8.28. The van der Waals surface area contributed by atoms with Crippen LogP contribution in [0.3, 0.4) is 0 Å². The van der Waals surface area contributed by atoms with Gasteiger partial charge in [0.05, 0.1) is 11.6 Å². The lowest BCUT2D eigenvalue weighted by molar-refractivity contribution is -0.00000465. The number of hydrogen-bond donors (Lipinski definition) is 1. The molecule has 0 saturated carbocycles. The highest BCUT2D eigenvalue weighted by molar-refractivity contribution is 6.32. The fourth-order valence-corrected chi connectivity index (χ4v) is 1.91. The molecule has 0 amide bonds. The van der Waals surface area contributed by atoms with Crippen LogP contribution in [0.4, 0.5) is 0 Å². The number of unbranched alkanes of at least 4 members (excludes halogenated alkanes) is 1. The molecule has 0 heterocycles. The molecule has 0 fully saturated rings. The zero-order valence-electron chi connectivity index (χ0n) is 12.2. The van der Waals surface area contributed by atoms with Crippen molar-refractivity contribution in [1.29, 1.82) is 0 Å². The van der Waals surface area contributed by atoms with Crippen molar-refractivity contribution < 1.29 is 17.1 Å². The summed E-state index contributed by atoms with van der Waals surface area (Å²) in [5.74, 6) is 0.786. The van der Waals surface area contributed by atoms with E-state index in [1.165, 1.54) is 5.56 Å². The Morgan fingerprint density at radius 3 is 2.42 bits per heavy atom. The van der Waals surface area contributed by atoms with Gasteiger partial charge in [-0.15, -0.1) is 0 Å². The van der Waals surface area contributed by atoms with Crippen molar-refractivity contribution in [2.45, 2.75) is 39.0 Å². The van der Waals surface area contributed by atoms with E-state index in [-0.39, 0.29) is 17.8 Å². The smallest absolute Gasteiger partial charge is 0.137 e. The highest BCUT2D eigenvalue weighted by Crippen LogP contribution is 2.31. The monoisotopic (exact) mass is 304 g/mol. The summed E-state index contributed by atoms with van der Waals surface area (Å²) >= 11 is 6.24. The second kappa shape index (κ2) is 8.68. The van der Waals surface area contributed by atoms with Crippen molar-refractivity contribution in [3.05, 3.63) is 28.8 Å². The molecule has 1 rings (SSSR count). The van der Waals surface area contributed by atoms with Crippen LogP contribution in [0, 0.1) is 0 Å². The maximum atomic E-state index is 6.24. The first-order valence-corrected chi connectivity index (χ1v) is 6.90. The lowest BCUT2D eigenvalue weighted by atomic mass is 9.87. The van der Waals surface area contributed by atoms with Gasteiger partial charge in [-0.3, -0.25) is 0 Å². The number of nitrogens with one attached hydrogen (secondary N) is 1. The first-order chi connectivity index (χ1) is 8.45. The third kappa shape index (κ3) is 6.51. The molecule has 0 aliphatic carbocycles. The second-order valence-corrected chi connectivity index (χ2v) is 5.96. The van der Waals surface area contributed by atoms with E-state index < -0.39 is 0 Å². The third-order valence-electron chi connectivity index (χ3n) is 2.88. The predicted octanol–water partition coefficient (Wildman–Crippen LogP) is 1.02. The normalized spacial score (nSPS) is 11.0. The van der Waals surface area contributed by atoms with Gasteiger partial charge in [0.2, 0.25) is 0 Å². The Bertz CT molecular complexity index is 375. The van der Waals surface area contributed by atoms with Crippen LogP contribution in [0.15, 0.2) is 18.2 Å². The minimum atomic E-state index is 0. The molecule has 0 radical (unpaired) electrons. The van der Waals surface area contributed by atoms with Gasteiger partial charge in [-0.2, -0.15) is 0 Å². The lowest BCUT2D eigenvalue weighted by Crippen LogP contribution is -3.00.